The van der Waals surface area contributed by atoms with E-state index in [1.165, 1.54) is 19.2 Å². The van der Waals surface area contributed by atoms with Gasteiger partial charge in [0, 0.05) is 23.8 Å². The summed E-state index contributed by atoms with van der Waals surface area (Å²) in [6.07, 6.45) is 0.421. The second-order valence-corrected chi connectivity index (χ2v) is 6.70. The molecular formula is C21H25F2N3O4. The number of benzene rings is 2. The maximum atomic E-state index is 12.5. The number of ether oxygens (including phenoxy) is 2. The lowest BCUT2D eigenvalue weighted by molar-refractivity contribution is -0.0512. The highest BCUT2D eigenvalue weighted by atomic mass is 19.3. The third-order valence-corrected chi connectivity index (χ3v) is 3.97. The monoisotopic (exact) mass is 421 g/mol. The van der Waals surface area contributed by atoms with Crippen LogP contribution in [-0.2, 0) is 6.42 Å². The first-order valence-electron chi connectivity index (χ1n) is 9.36. The fourth-order valence-electron chi connectivity index (χ4n) is 2.62. The summed E-state index contributed by atoms with van der Waals surface area (Å²) in [7, 11) is 1.37. The maximum absolute atomic E-state index is 12.5. The largest absolute Gasteiger partial charge is 0.493 e. The number of anilines is 1. The smallest absolute Gasteiger partial charge is 0.387 e. The second-order valence-electron chi connectivity index (χ2n) is 6.70. The van der Waals surface area contributed by atoms with Gasteiger partial charge >= 0.3 is 12.6 Å². The zero-order valence-electron chi connectivity index (χ0n) is 17.0. The van der Waals surface area contributed by atoms with Crippen LogP contribution >= 0.6 is 0 Å². The topological polar surface area (TPSA) is 88.7 Å². The first-order chi connectivity index (χ1) is 14.3. The molecule has 3 N–H and O–H groups in total. The van der Waals surface area contributed by atoms with Gasteiger partial charge in [-0.1, -0.05) is 6.07 Å². The second kappa shape index (κ2) is 11.0. The van der Waals surface area contributed by atoms with Gasteiger partial charge in [0.2, 0.25) is 0 Å². The number of methoxy groups -OCH3 is 1. The molecule has 0 fully saturated rings. The van der Waals surface area contributed by atoms with Crippen molar-refractivity contribution in [1.29, 1.82) is 0 Å². The number of hydrogen-bond donors (Lipinski definition) is 3. The molecule has 0 aliphatic rings. The predicted octanol–water partition coefficient (Wildman–Crippen LogP) is 3.80. The van der Waals surface area contributed by atoms with Crippen LogP contribution in [0.2, 0.25) is 0 Å². The van der Waals surface area contributed by atoms with Gasteiger partial charge in [-0.05, 0) is 62.2 Å². The molecule has 0 saturated carbocycles. The third-order valence-electron chi connectivity index (χ3n) is 3.97. The summed E-state index contributed by atoms with van der Waals surface area (Å²) in [5.74, 6) is -0.134. The lowest BCUT2D eigenvalue weighted by atomic mass is 10.1. The van der Waals surface area contributed by atoms with E-state index in [2.05, 4.69) is 20.7 Å². The van der Waals surface area contributed by atoms with E-state index in [-0.39, 0.29) is 29.5 Å². The Balaban J connectivity index is 1.88. The number of nitrogens with one attached hydrogen (secondary N) is 3. The van der Waals surface area contributed by atoms with E-state index in [0.717, 1.165) is 0 Å². The molecule has 162 valence electrons. The van der Waals surface area contributed by atoms with Crippen LogP contribution < -0.4 is 25.4 Å². The number of urea groups is 1. The van der Waals surface area contributed by atoms with Crippen molar-refractivity contribution in [2.24, 2.45) is 0 Å². The summed E-state index contributed by atoms with van der Waals surface area (Å²) in [4.78, 5) is 24.0. The van der Waals surface area contributed by atoms with Crippen molar-refractivity contribution < 1.29 is 27.8 Å². The molecule has 30 heavy (non-hydrogen) atoms. The number of halogens is 2. The molecule has 0 radical (unpaired) electrons. The summed E-state index contributed by atoms with van der Waals surface area (Å²) in [6, 6.07) is 10.9. The summed E-state index contributed by atoms with van der Waals surface area (Å²) < 4.78 is 34.5. The Labute approximate surface area is 173 Å². The Hall–Kier alpha value is -3.36. The minimum Gasteiger partial charge on any atom is -0.493 e. The Morgan fingerprint density at radius 1 is 1.03 bits per heavy atom. The molecule has 2 rings (SSSR count). The average Bonchev–Trinajstić information content (AvgIpc) is 2.67. The molecule has 0 aliphatic heterocycles. The number of carbonyl (C=O) groups excluding carboxylic acids is 2. The quantitative estimate of drug-likeness (QED) is 0.575. The van der Waals surface area contributed by atoms with Gasteiger partial charge in [0.25, 0.3) is 5.91 Å². The summed E-state index contributed by atoms with van der Waals surface area (Å²) >= 11 is 0. The van der Waals surface area contributed by atoms with Gasteiger partial charge in [-0.2, -0.15) is 8.78 Å². The van der Waals surface area contributed by atoms with E-state index >= 15 is 0 Å². The maximum Gasteiger partial charge on any atom is 0.387 e. The first-order valence-corrected chi connectivity index (χ1v) is 9.36. The predicted molar refractivity (Wildman–Crippen MR) is 109 cm³/mol. The van der Waals surface area contributed by atoms with Crippen LogP contribution in [0.3, 0.4) is 0 Å². The summed E-state index contributed by atoms with van der Waals surface area (Å²) in [6.45, 7) is 1.05. The van der Waals surface area contributed by atoms with Crippen LogP contribution in [0.1, 0.15) is 29.8 Å². The van der Waals surface area contributed by atoms with Crippen LogP contribution in [0.5, 0.6) is 11.5 Å². The zero-order valence-corrected chi connectivity index (χ0v) is 17.0. The minimum atomic E-state index is -2.96. The van der Waals surface area contributed by atoms with Gasteiger partial charge in [0.15, 0.2) is 11.5 Å². The van der Waals surface area contributed by atoms with Gasteiger partial charge in [-0.25, -0.2) is 4.79 Å². The molecule has 2 aromatic carbocycles. The van der Waals surface area contributed by atoms with Gasteiger partial charge in [-0.3, -0.25) is 4.79 Å². The average molecular weight is 421 g/mol. The normalized spacial score (nSPS) is 10.6. The summed E-state index contributed by atoms with van der Waals surface area (Å²) in [5.41, 5.74) is 1.71. The van der Waals surface area contributed by atoms with E-state index in [1.807, 2.05) is 13.8 Å². The van der Waals surface area contributed by atoms with E-state index in [9.17, 15) is 18.4 Å². The van der Waals surface area contributed by atoms with Crippen molar-refractivity contribution >= 4 is 17.6 Å². The van der Waals surface area contributed by atoms with Crippen molar-refractivity contribution in [3.05, 3.63) is 53.6 Å². The Bertz CT molecular complexity index is 858. The molecule has 3 amide bonds. The molecule has 9 heteroatoms. The molecule has 0 heterocycles. The van der Waals surface area contributed by atoms with Crippen LogP contribution in [-0.4, -0.2) is 38.2 Å². The molecule has 0 unspecified atom stereocenters. The fraction of sp³-hybridized carbons (Fsp3) is 0.333. The van der Waals surface area contributed by atoms with Gasteiger partial charge in [-0.15, -0.1) is 0 Å². The van der Waals surface area contributed by atoms with Crippen LogP contribution in [0.15, 0.2) is 42.5 Å². The highest BCUT2D eigenvalue weighted by Gasteiger charge is 2.12. The van der Waals surface area contributed by atoms with E-state index in [0.29, 0.717) is 29.8 Å². The van der Waals surface area contributed by atoms with Crippen LogP contribution in [0.4, 0.5) is 19.3 Å². The SMILES string of the molecule is COc1ccc(CCNC(=O)c2ccc(NC(=O)NC(C)C)cc2)cc1OC(F)F. The molecule has 0 spiro atoms. The lowest BCUT2D eigenvalue weighted by Crippen LogP contribution is -2.34. The Morgan fingerprint density at radius 2 is 1.73 bits per heavy atom. The van der Waals surface area contributed by atoms with Crippen LogP contribution in [0, 0.1) is 0 Å². The minimum absolute atomic E-state index is 0.0127. The highest BCUT2D eigenvalue weighted by molar-refractivity contribution is 5.95. The van der Waals surface area contributed by atoms with Crippen molar-refractivity contribution in [3.8, 4) is 11.5 Å². The molecule has 7 nitrogen and oxygen atoms in total. The van der Waals surface area contributed by atoms with Crippen molar-refractivity contribution in [3.63, 3.8) is 0 Å². The van der Waals surface area contributed by atoms with Gasteiger partial charge in [0.05, 0.1) is 7.11 Å². The van der Waals surface area contributed by atoms with Crippen molar-refractivity contribution in [2.75, 3.05) is 19.0 Å². The molecule has 0 atom stereocenters. The van der Waals surface area contributed by atoms with E-state index in [4.69, 9.17) is 4.74 Å². The Kier molecular flexibility index (Phi) is 8.40. The molecule has 0 aromatic heterocycles. The lowest BCUT2D eigenvalue weighted by Gasteiger charge is -2.12. The highest BCUT2D eigenvalue weighted by Crippen LogP contribution is 2.29. The third kappa shape index (κ3) is 7.23. The molecule has 2 aromatic rings. The number of alkyl halides is 2. The summed E-state index contributed by atoms with van der Waals surface area (Å²) in [5, 5.41) is 8.14. The van der Waals surface area contributed by atoms with Gasteiger partial charge in [0.1, 0.15) is 0 Å². The molecule has 0 bridgehead atoms. The molecule has 0 aliphatic carbocycles. The van der Waals surface area contributed by atoms with E-state index in [1.54, 1.807) is 30.3 Å². The van der Waals surface area contributed by atoms with Crippen LogP contribution in [0.25, 0.3) is 0 Å². The zero-order chi connectivity index (χ0) is 22.1. The van der Waals surface area contributed by atoms with E-state index < -0.39 is 6.61 Å². The molecular weight excluding hydrogens is 396 g/mol. The standard InChI is InChI=1S/C21H25F2N3O4/c1-13(2)25-21(28)26-16-7-5-15(6-8-16)19(27)24-11-10-14-4-9-17(29-3)18(12-14)30-20(22)23/h4-9,12-13,20H,10-11H2,1-3H3,(H,24,27)(H2,25,26,28). The number of hydrogen-bond acceptors (Lipinski definition) is 4. The number of amides is 3. The van der Waals surface area contributed by atoms with Crippen molar-refractivity contribution in [1.82, 2.24) is 10.6 Å². The van der Waals surface area contributed by atoms with Crippen molar-refractivity contribution in [2.45, 2.75) is 32.9 Å². The number of rotatable bonds is 9. The molecule has 0 saturated heterocycles. The number of carbonyl (C=O) groups is 2. The first kappa shape index (κ1) is 22.9. The Morgan fingerprint density at radius 3 is 2.33 bits per heavy atom. The fourth-order valence-corrected chi connectivity index (χ4v) is 2.62. The van der Waals surface area contributed by atoms with Gasteiger partial charge < -0.3 is 25.4 Å².